The molecule has 4 rings (SSSR count). The molecule has 2 aromatic carbocycles. The van der Waals surface area contributed by atoms with Gasteiger partial charge in [-0.2, -0.15) is 8.42 Å². The van der Waals surface area contributed by atoms with Gasteiger partial charge in [0.25, 0.3) is 10.1 Å². The summed E-state index contributed by atoms with van der Waals surface area (Å²) in [5, 5.41) is 0.921. The third-order valence-corrected chi connectivity index (χ3v) is 7.30. The predicted octanol–water partition coefficient (Wildman–Crippen LogP) is 4.47. The van der Waals surface area contributed by atoms with E-state index in [2.05, 4.69) is 0 Å². The van der Waals surface area contributed by atoms with Crippen LogP contribution in [0.15, 0.2) is 41.3 Å². The van der Waals surface area contributed by atoms with Crippen molar-refractivity contribution in [2.45, 2.75) is 30.4 Å². The number of fused-ring (bicyclic) bond motifs is 2. The van der Waals surface area contributed by atoms with E-state index in [0.717, 1.165) is 16.7 Å². The molecular formula is C20H20Cl2O5S. The zero-order valence-electron chi connectivity index (χ0n) is 15.3. The molecule has 2 aromatic rings. The minimum absolute atomic E-state index is 0.0325. The number of rotatable bonds is 5. The highest BCUT2D eigenvalue weighted by molar-refractivity contribution is 7.86. The number of ether oxygens (including phenoxy) is 2. The van der Waals surface area contributed by atoms with Gasteiger partial charge in [-0.15, -0.1) is 0 Å². The Balaban J connectivity index is 1.50. The maximum Gasteiger partial charge on any atom is 0.296 e. The molecule has 5 nitrogen and oxygen atoms in total. The van der Waals surface area contributed by atoms with E-state index in [-0.39, 0.29) is 17.4 Å². The summed E-state index contributed by atoms with van der Waals surface area (Å²) in [5.41, 5.74) is 2.85. The Bertz CT molecular complexity index is 982. The second-order valence-corrected chi connectivity index (χ2v) is 9.50. The first-order valence-corrected chi connectivity index (χ1v) is 11.2. The lowest BCUT2D eigenvalue weighted by atomic mass is 9.96. The fourth-order valence-electron chi connectivity index (χ4n) is 3.89. The van der Waals surface area contributed by atoms with Crippen LogP contribution in [0.2, 0.25) is 10.0 Å². The van der Waals surface area contributed by atoms with Crippen molar-refractivity contribution in [3.63, 3.8) is 0 Å². The van der Waals surface area contributed by atoms with Gasteiger partial charge >= 0.3 is 0 Å². The van der Waals surface area contributed by atoms with Crippen LogP contribution in [-0.2, 0) is 36.0 Å². The van der Waals surface area contributed by atoms with Crippen LogP contribution in [0, 0.1) is 12.8 Å². The lowest BCUT2D eigenvalue weighted by Crippen LogP contribution is -2.33. The average molecular weight is 443 g/mol. The highest BCUT2D eigenvalue weighted by atomic mass is 35.5. The average Bonchev–Trinajstić information content (AvgIpc) is 3.24. The minimum Gasteiger partial charge on any atom is -0.343 e. The Labute approximate surface area is 174 Å². The summed E-state index contributed by atoms with van der Waals surface area (Å²) in [6.45, 7) is 2.87. The fraction of sp³-hybridized carbons (Fsp3) is 0.400. The van der Waals surface area contributed by atoms with Gasteiger partial charge in [0.1, 0.15) is 0 Å². The Morgan fingerprint density at radius 3 is 2.43 bits per heavy atom. The molecular weight excluding hydrogens is 423 g/mol. The SMILES string of the molecule is Cc1ccc(S(=O)(=O)OCCC2Cc3cc(Cl)c(Cl)cc3C23OCCO3)cc1. The predicted molar refractivity (Wildman–Crippen MR) is 106 cm³/mol. The normalized spacial score (nSPS) is 20.6. The molecule has 8 heteroatoms. The first kappa shape index (κ1) is 20.1. The van der Waals surface area contributed by atoms with Gasteiger partial charge in [-0.25, -0.2) is 0 Å². The van der Waals surface area contributed by atoms with Crippen LogP contribution in [0.5, 0.6) is 0 Å². The molecule has 1 fully saturated rings. The molecule has 0 N–H and O–H groups in total. The van der Waals surface area contributed by atoms with E-state index in [1.807, 2.05) is 13.0 Å². The summed E-state index contributed by atoms with van der Waals surface area (Å²) in [7, 11) is -3.81. The maximum atomic E-state index is 12.4. The van der Waals surface area contributed by atoms with E-state index in [1.54, 1.807) is 30.3 Å². The van der Waals surface area contributed by atoms with Crippen molar-refractivity contribution in [1.29, 1.82) is 0 Å². The molecule has 2 aliphatic rings. The number of hydrogen-bond donors (Lipinski definition) is 0. The van der Waals surface area contributed by atoms with Crippen molar-refractivity contribution < 1.29 is 22.1 Å². The van der Waals surface area contributed by atoms with Gasteiger partial charge in [-0.3, -0.25) is 4.18 Å². The summed E-state index contributed by atoms with van der Waals surface area (Å²) in [5.74, 6) is -1.01. The lowest BCUT2D eigenvalue weighted by Gasteiger charge is -2.30. The van der Waals surface area contributed by atoms with E-state index >= 15 is 0 Å². The number of benzene rings is 2. The summed E-state index contributed by atoms with van der Waals surface area (Å²) in [6.07, 6.45) is 1.11. The molecule has 150 valence electrons. The van der Waals surface area contributed by atoms with E-state index in [4.69, 9.17) is 36.9 Å². The van der Waals surface area contributed by atoms with Crippen molar-refractivity contribution in [2.75, 3.05) is 19.8 Å². The maximum absolute atomic E-state index is 12.4. The number of halogens is 2. The van der Waals surface area contributed by atoms with Crippen LogP contribution in [-0.4, -0.2) is 28.2 Å². The molecule has 0 saturated carbocycles. The van der Waals surface area contributed by atoms with Crippen molar-refractivity contribution in [2.24, 2.45) is 5.92 Å². The van der Waals surface area contributed by atoms with Crippen LogP contribution >= 0.6 is 23.2 Å². The summed E-state index contributed by atoms with van der Waals surface area (Å²) in [6, 6.07) is 10.2. The van der Waals surface area contributed by atoms with Crippen molar-refractivity contribution >= 4 is 33.3 Å². The number of aryl methyl sites for hydroxylation is 1. The van der Waals surface area contributed by atoms with E-state index in [0.29, 0.717) is 36.1 Å². The smallest absolute Gasteiger partial charge is 0.296 e. The standard InChI is InChI=1S/C20H20Cl2O5S/c1-13-2-4-16(5-3-13)28(23,24)27-7-6-15-10-14-11-18(21)19(22)12-17(14)20(15)25-8-9-26-20/h2-5,11-12,15H,6-10H2,1H3. The van der Waals surface area contributed by atoms with Crippen molar-refractivity contribution in [3.05, 3.63) is 63.1 Å². The monoisotopic (exact) mass is 442 g/mol. The van der Waals surface area contributed by atoms with Crippen LogP contribution in [0.3, 0.4) is 0 Å². The first-order valence-electron chi connectivity index (χ1n) is 9.04. The topological polar surface area (TPSA) is 61.8 Å². The largest absolute Gasteiger partial charge is 0.343 e. The molecule has 1 unspecified atom stereocenters. The summed E-state index contributed by atoms with van der Waals surface area (Å²) >= 11 is 12.4. The van der Waals surface area contributed by atoms with Gasteiger partial charge in [0.2, 0.25) is 0 Å². The van der Waals surface area contributed by atoms with Gasteiger partial charge in [0, 0.05) is 11.5 Å². The molecule has 1 heterocycles. The van der Waals surface area contributed by atoms with E-state index in [9.17, 15) is 8.42 Å². The van der Waals surface area contributed by atoms with Crippen LogP contribution in [0.25, 0.3) is 0 Å². The molecule has 1 aliphatic carbocycles. The summed E-state index contributed by atoms with van der Waals surface area (Å²) < 4.78 is 42.1. The first-order chi connectivity index (χ1) is 13.3. The van der Waals surface area contributed by atoms with Gasteiger partial charge in [-0.1, -0.05) is 40.9 Å². The molecule has 1 aliphatic heterocycles. The zero-order chi connectivity index (χ0) is 19.9. The third kappa shape index (κ3) is 3.58. The Kier molecular flexibility index (Phi) is 5.46. The van der Waals surface area contributed by atoms with E-state index in [1.165, 1.54) is 0 Å². The number of hydrogen-bond acceptors (Lipinski definition) is 5. The highest BCUT2D eigenvalue weighted by Crippen LogP contribution is 2.50. The second kappa shape index (κ2) is 7.59. The molecule has 0 amide bonds. The van der Waals surface area contributed by atoms with E-state index < -0.39 is 15.9 Å². The molecule has 28 heavy (non-hydrogen) atoms. The highest BCUT2D eigenvalue weighted by Gasteiger charge is 2.51. The Morgan fingerprint density at radius 2 is 1.75 bits per heavy atom. The molecule has 1 saturated heterocycles. The Morgan fingerprint density at radius 1 is 1.11 bits per heavy atom. The van der Waals surface area contributed by atoms with Crippen molar-refractivity contribution in [1.82, 2.24) is 0 Å². The van der Waals surface area contributed by atoms with Crippen LogP contribution in [0.1, 0.15) is 23.1 Å². The van der Waals surface area contributed by atoms with Crippen molar-refractivity contribution in [3.8, 4) is 0 Å². The lowest BCUT2D eigenvalue weighted by molar-refractivity contribution is -0.199. The van der Waals surface area contributed by atoms with Crippen LogP contribution in [0.4, 0.5) is 0 Å². The van der Waals surface area contributed by atoms with Crippen LogP contribution < -0.4 is 0 Å². The molecule has 1 spiro atoms. The Hall–Kier alpha value is -1.15. The zero-order valence-corrected chi connectivity index (χ0v) is 17.6. The molecule has 0 bridgehead atoms. The fourth-order valence-corrected chi connectivity index (χ4v) is 5.16. The molecule has 0 aromatic heterocycles. The quantitative estimate of drug-likeness (QED) is 0.639. The third-order valence-electron chi connectivity index (χ3n) is 5.26. The van der Waals surface area contributed by atoms with Gasteiger partial charge in [-0.05, 0) is 49.6 Å². The molecule has 1 atom stereocenters. The van der Waals surface area contributed by atoms with Gasteiger partial charge in [0.05, 0.1) is 34.8 Å². The minimum atomic E-state index is -3.81. The molecule has 0 radical (unpaired) electrons. The second-order valence-electron chi connectivity index (χ2n) is 7.07. The van der Waals surface area contributed by atoms with Gasteiger partial charge < -0.3 is 9.47 Å². The summed E-state index contributed by atoms with van der Waals surface area (Å²) in [4.78, 5) is 0.148. The van der Waals surface area contributed by atoms with Gasteiger partial charge in [0.15, 0.2) is 5.79 Å².